The van der Waals surface area contributed by atoms with Crippen LogP contribution < -0.4 is 10.1 Å². The Hall–Kier alpha value is -2.01. The van der Waals surface area contributed by atoms with E-state index in [0.717, 1.165) is 17.7 Å². The van der Waals surface area contributed by atoms with Gasteiger partial charge in [-0.05, 0) is 34.0 Å². The Balaban J connectivity index is 1.46. The number of hydrogen-bond acceptors (Lipinski definition) is 3. The van der Waals surface area contributed by atoms with E-state index in [1.807, 2.05) is 29.6 Å². The molecule has 2 amide bonds. The van der Waals surface area contributed by atoms with Gasteiger partial charge in [0, 0.05) is 20.0 Å². The van der Waals surface area contributed by atoms with Gasteiger partial charge in [0.15, 0.2) is 0 Å². The number of amides is 2. The number of nitrogens with one attached hydrogen (secondary N) is 1. The van der Waals surface area contributed by atoms with Crippen LogP contribution in [0.1, 0.15) is 11.1 Å². The van der Waals surface area contributed by atoms with Crippen LogP contribution in [0.5, 0.6) is 5.75 Å². The first-order valence-electron chi connectivity index (χ1n) is 6.97. The van der Waals surface area contributed by atoms with Crippen molar-refractivity contribution in [3.63, 3.8) is 0 Å². The second-order valence-electron chi connectivity index (χ2n) is 5.23. The van der Waals surface area contributed by atoms with E-state index in [1.54, 1.807) is 23.3 Å². The number of thiophene rings is 1. The molecule has 5 heteroatoms. The maximum atomic E-state index is 12.1. The van der Waals surface area contributed by atoms with Crippen LogP contribution in [-0.4, -0.2) is 30.6 Å². The topological polar surface area (TPSA) is 41.6 Å². The SMILES string of the molecule is CN(Cc1ccsc1)C(=O)NC[C@@H]1Cc2ccccc2O1. The Morgan fingerprint density at radius 1 is 1.43 bits per heavy atom. The number of fused-ring (bicyclic) bond motifs is 1. The van der Waals surface area contributed by atoms with Crippen LogP contribution in [0.15, 0.2) is 41.1 Å². The normalized spacial score (nSPS) is 16.1. The zero-order chi connectivity index (χ0) is 14.7. The molecule has 0 saturated heterocycles. The molecule has 1 aliphatic rings. The number of nitrogens with zero attached hydrogens (tertiary/aromatic N) is 1. The van der Waals surface area contributed by atoms with Gasteiger partial charge in [-0.3, -0.25) is 0 Å². The van der Waals surface area contributed by atoms with E-state index in [0.29, 0.717) is 13.1 Å². The summed E-state index contributed by atoms with van der Waals surface area (Å²) in [6, 6.07) is 9.98. The molecule has 2 heterocycles. The van der Waals surface area contributed by atoms with Gasteiger partial charge in [0.1, 0.15) is 11.9 Å². The maximum absolute atomic E-state index is 12.1. The van der Waals surface area contributed by atoms with Crippen molar-refractivity contribution in [3.8, 4) is 5.75 Å². The molecule has 1 aromatic heterocycles. The average molecular weight is 302 g/mol. The van der Waals surface area contributed by atoms with Crippen molar-refractivity contribution in [2.45, 2.75) is 19.1 Å². The van der Waals surface area contributed by atoms with Gasteiger partial charge in [0.2, 0.25) is 0 Å². The van der Waals surface area contributed by atoms with Crippen LogP contribution >= 0.6 is 11.3 Å². The summed E-state index contributed by atoms with van der Waals surface area (Å²) in [4.78, 5) is 13.7. The molecule has 0 bridgehead atoms. The molecule has 0 aliphatic carbocycles. The molecular weight excluding hydrogens is 284 g/mol. The van der Waals surface area contributed by atoms with Crippen molar-refractivity contribution < 1.29 is 9.53 Å². The standard InChI is InChI=1S/C16H18N2O2S/c1-18(10-12-6-7-21-11-12)16(19)17-9-14-8-13-4-2-3-5-15(13)20-14/h2-7,11,14H,8-10H2,1H3,(H,17,19)/t14-/m0/s1. The second kappa shape index (κ2) is 6.18. The Morgan fingerprint density at radius 3 is 3.05 bits per heavy atom. The van der Waals surface area contributed by atoms with Crippen molar-refractivity contribution in [1.82, 2.24) is 10.2 Å². The van der Waals surface area contributed by atoms with Crippen LogP contribution in [0.25, 0.3) is 0 Å². The summed E-state index contributed by atoms with van der Waals surface area (Å²) in [5, 5.41) is 7.01. The minimum absolute atomic E-state index is 0.0286. The van der Waals surface area contributed by atoms with Crippen LogP contribution in [-0.2, 0) is 13.0 Å². The Kier molecular flexibility index (Phi) is 4.10. The lowest BCUT2D eigenvalue weighted by atomic mass is 10.1. The molecule has 0 unspecified atom stereocenters. The highest BCUT2D eigenvalue weighted by Gasteiger charge is 2.23. The fourth-order valence-corrected chi connectivity index (χ4v) is 3.09. The number of para-hydroxylation sites is 1. The smallest absolute Gasteiger partial charge is 0.317 e. The predicted molar refractivity (Wildman–Crippen MR) is 83.7 cm³/mol. The molecule has 0 spiro atoms. The first kappa shape index (κ1) is 13.9. The van der Waals surface area contributed by atoms with Gasteiger partial charge in [-0.25, -0.2) is 4.79 Å². The number of rotatable bonds is 4. The van der Waals surface area contributed by atoms with Gasteiger partial charge in [-0.2, -0.15) is 11.3 Å². The van der Waals surface area contributed by atoms with Crippen molar-refractivity contribution in [1.29, 1.82) is 0 Å². The zero-order valence-electron chi connectivity index (χ0n) is 11.9. The number of urea groups is 1. The molecule has 4 nitrogen and oxygen atoms in total. The fraction of sp³-hybridized carbons (Fsp3) is 0.312. The van der Waals surface area contributed by atoms with Gasteiger partial charge in [-0.15, -0.1) is 0 Å². The van der Waals surface area contributed by atoms with Gasteiger partial charge in [0.05, 0.1) is 6.54 Å². The van der Waals surface area contributed by atoms with Crippen molar-refractivity contribution >= 4 is 17.4 Å². The first-order valence-corrected chi connectivity index (χ1v) is 7.91. The zero-order valence-corrected chi connectivity index (χ0v) is 12.7. The van der Waals surface area contributed by atoms with E-state index in [4.69, 9.17) is 4.74 Å². The Bertz CT molecular complexity index is 587. The second-order valence-corrected chi connectivity index (χ2v) is 6.01. The highest BCUT2D eigenvalue weighted by atomic mass is 32.1. The van der Waals surface area contributed by atoms with Gasteiger partial charge < -0.3 is 15.0 Å². The fourth-order valence-electron chi connectivity index (χ4n) is 2.43. The summed E-state index contributed by atoms with van der Waals surface area (Å²) in [5.74, 6) is 0.934. The molecule has 1 aromatic carbocycles. The summed E-state index contributed by atoms with van der Waals surface area (Å²) in [6.45, 7) is 1.16. The van der Waals surface area contributed by atoms with Crippen LogP contribution in [0.2, 0.25) is 0 Å². The molecule has 1 aliphatic heterocycles. The lowest BCUT2D eigenvalue weighted by molar-refractivity contribution is 0.191. The quantitative estimate of drug-likeness (QED) is 0.943. The Morgan fingerprint density at radius 2 is 2.29 bits per heavy atom. The molecule has 0 fully saturated rings. The molecule has 2 aromatic rings. The third-order valence-corrected chi connectivity index (χ3v) is 4.27. The lowest BCUT2D eigenvalue weighted by Gasteiger charge is -2.19. The minimum Gasteiger partial charge on any atom is -0.488 e. The van der Waals surface area contributed by atoms with E-state index < -0.39 is 0 Å². The predicted octanol–water partition coefficient (Wildman–Crippen LogP) is 2.89. The third-order valence-electron chi connectivity index (χ3n) is 3.54. The highest BCUT2D eigenvalue weighted by molar-refractivity contribution is 7.07. The van der Waals surface area contributed by atoms with E-state index in [9.17, 15) is 4.79 Å². The third kappa shape index (κ3) is 3.36. The monoisotopic (exact) mass is 302 g/mol. The van der Waals surface area contributed by atoms with Crippen molar-refractivity contribution in [2.24, 2.45) is 0 Å². The first-order chi connectivity index (χ1) is 10.2. The van der Waals surface area contributed by atoms with Gasteiger partial charge >= 0.3 is 6.03 Å². The molecule has 1 N–H and O–H groups in total. The number of benzene rings is 1. The van der Waals surface area contributed by atoms with Crippen LogP contribution in [0.4, 0.5) is 4.79 Å². The number of carbonyl (C=O) groups is 1. The van der Waals surface area contributed by atoms with Gasteiger partial charge in [-0.1, -0.05) is 18.2 Å². The summed E-state index contributed by atoms with van der Waals surface area (Å²) in [6.07, 6.45) is 0.880. The van der Waals surface area contributed by atoms with E-state index in [2.05, 4.69) is 16.8 Å². The van der Waals surface area contributed by atoms with Crippen LogP contribution in [0.3, 0.4) is 0 Å². The lowest BCUT2D eigenvalue weighted by Crippen LogP contribution is -2.41. The van der Waals surface area contributed by atoms with Gasteiger partial charge in [0.25, 0.3) is 0 Å². The molecule has 0 radical (unpaired) electrons. The van der Waals surface area contributed by atoms with Crippen LogP contribution in [0, 0.1) is 0 Å². The van der Waals surface area contributed by atoms with Crippen molar-refractivity contribution in [3.05, 3.63) is 52.2 Å². The van der Waals surface area contributed by atoms with E-state index in [-0.39, 0.29) is 12.1 Å². The molecule has 1 atom stereocenters. The summed E-state index contributed by atoms with van der Waals surface area (Å²) >= 11 is 1.64. The molecule has 110 valence electrons. The molecule has 21 heavy (non-hydrogen) atoms. The number of ether oxygens (including phenoxy) is 1. The maximum Gasteiger partial charge on any atom is 0.317 e. The molecular formula is C16H18N2O2S. The molecule has 3 rings (SSSR count). The summed E-state index contributed by atoms with van der Waals surface area (Å²) < 4.78 is 5.81. The largest absolute Gasteiger partial charge is 0.488 e. The number of carbonyl (C=O) groups excluding carboxylic acids is 1. The van der Waals surface area contributed by atoms with E-state index >= 15 is 0 Å². The number of hydrogen-bond donors (Lipinski definition) is 1. The highest BCUT2D eigenvalue weighted by Crippen LogP contribution is 2.27. The Labute approximate surface area is 128 Å². The minimum atomic E-state index is -0.0687. The van der Waals surface area contributed by atoms with E-state index in [1.165, 1.54) is 5.56 Å². The average Bonchev–Trinajstić information content (AvgIpc) is 3.13. The van der Waals surface area contributed by atoms with Crippen molar-refractivity contribution in [2.75, 3.05) is 13.6 Å². The molecule has 0 saturated carbocycles. The summed E-state index contributed by atoms with van der Waals surface area (Å²) in [7, 11) is 1.80. The summed E-state index contributed by atoms with van der Waals surface area (Å²) in [5.41, 5.74) is 2.37.